The molecule has 0 saturated carbocycles. The number of rotatable bonds is 3. The molecule has 1 aliphatic heterocycles. The fourth-order valence-corrected chi connectivity index (χ4v) is 2.98. The van der Waals surface area contributed by atoms with Crippen molar-refractivity contribution in [2.24, 2.45) is 0 Å². The monoisotopic (exact) mass is 346 g/mol. The lowest BCUT2D eigenvalue weighted by Gasteiger charge is -2.36. The Bertz CT molecular complexity index is 742. The van der Waals surface area contributed by atoms with E-state index in [0.717, 1.165) is 30.2 Å². The van der Waals surface area contributed by atoms with Crippen LogP contribution in [0.1, 0.15) is 26.5 Å². The van der Waals surface area contributed by atoms with E-state index in [9.17, 15) is 4.79 Å². The minimum Gasteiger partial charge on any atom is -0.444 e. The number of aliphatic hydroxyl groups is 1. The Hall–Kier alpha value is -2.28. The molecular weight excluding hydrogens is 320 g/mol. The zero-order valence-corrected chi connectivity index (χ0v) is 15.1. The van der Waals surface area contributed by atoms with Gasteiger partial charge in [0.25, 0.3) is 0 Å². The third kappa shape index (κ3) is 4.04. The summed E-state index contributed by atoms with van der Waals surface area (Å²) in [4.78, 5) is 20.7. The van der Waals surface area contributed by atoms with Gasteiger partial charge in [-0.1, -0.05) is 6.07 Å². The number of fused-ring (bicyclic) bond motifs is 1. The molecule has 7 heteroatoms. The number of hydrogen-bond donors (Lipinski definition) is 1. The van der Waals surface area contributed by atoms with Crippen LogP contribution in [-0.4, -0.2) is 63.9 Å². The van der Waals surface area contributed by atoms with Crippen molar-refractivity contribution in [1.29, 1.82) is 0 Å². The van der Waals surface area contributed by atoms with Crippen molar-refractivity contribution < 1.29 is 14.6 Å². The summed E-state index contributed by atoms with van der Waals surface area (Å²) in [5.41, 5.74) is 1.28. The number of ether oxygens (including phenoxy) is 1. The fourth-order valence-electron chi connectivity index (χ4n) is 2.98. The van der Waals surface area contributed by atoms with Crippen LogP contribution in [0.2, 0.25) is 0 Å². The summed E-state index contributed by atoms with van der Waals surface area (Å²) < 4.78 is 7.50. The zero-order valence-electron chi connectivity index (χ0n) is 15.1. The molecule has 0 spiro atoms. The van der Waals surface area contributed by atoms with Crippen molar-refractivity contribution in [2.45, 2.75) is 32.8 Å². The summed E-state index contributed by atoms with van der Waals surface area (Å²) in [7, 11) is 0. The average molecular weight is 346 g/mol. The van der Waals surface area contributed by atoms with Gasteiger partial charge in [0.15, 0.2) is 0 Å². The molecule has 0 aromatic carbocycles. The first-order chi connectivity index (χ1) is 11.9. The standard InChI is InChI=1S/C18H26N4O3/c1-18(2,3)25-17(24)21-10-8-20(9-11-21)16-6-4-5-15-19-14(7-12-23)13-22(15)16/h4-6,13,23H,7-12H2,1-3H3. The number of hydrogen-bond acceptors (Lipinski definition) is 5. The molecule has 1 saturated heterocycles. The molecule has 0 unspecified atom stereocenters. The van der Waals surface area contributed by atoms with Crippen LogP contribution >= 0.6 is 0 Å². The molecule has 3 heterocycles. The predicted molar refractivity (Wildman–Crippen MR) is 96.0 cm³/mol. The van der Waals surface area contributed by atoms with E-state index in [2.05, 4.69) is 16.0 Å². The second kappa shape index (κ2) is 6.92. The van der Waals surface area contributed by atoms with Gasteiger partial charge in [0.1, 0.15) is 17.1 Å². The highest BCUT2D eigenvalue weighted by atomic mass is 16.6. The van der Waals surface area contributed by atoms with Crippen LogP contribution in [-0.2, 0) is 11.2 Å². The first-order valence-electron chi connectivity index (χ1n) is 8.68. The van der Waals surface area contributed by atoms with Gasteiger partial charge in [0.2, 0.25) is 0 Å². The van der Waals surface area contributed by atoms with Gasteiger partial charge >= 0.3 is 6.09 Å². The van der Waals surface area contributed by atoms with Crippen LogP contribution in [0.4, 0.5) is 10.6 Å². The summed E-state index contributed by atoms with van der Waals surface area (Å²) in [5, 5.41) is 9.12. The lowest BCUT2D eigenvalue weighted by atomic mass is 10.2. The molecule has 1 fully saturated rings. The Kier molecular flexibility index (Phi) is 4.85. The Balaban J connectivity index is 1.71. The summed E-state index contributed by atoms with van der Waals surface area (Å²) in [6.45, 7) is 8.47. The summed E-state index contributed by atoms with van der Waals surface area (Å²) in [5.74, 6) is 1.05. The number of pyridine rings is 1. The molecule has 1 N–H and O–H groups in total. The van der Waals surface area contributed by atoms with Crippen molar-refractivity contribution in [1.82, 2.24) is 14.3 Å². The average Bonchev–Trinajstić information content (AvgIpc) is 2.96. The van der Waals surface area contributed by atoms with Gasteiger partial charge in [-0.2, -0.15) is 0 Å². The van der Waals surface area contributed by atoms with Gasteiger partial charge in [-0.05, 0) is 32.9 Å². The summed E-state index contributed by atoms with van der Waals surface area (Å²) in [6, 6.07) is 6.00. The lowest BCUT2D eigenvalue weighted by Crippen LogP contribution is -2.50. The third-order valence-corrected chi connectivity index (χ3v) is 4.14. The van der Waals surface area contributed by atoms with Crippen LogP contribution in [0.15, 0.2) is 24.4 Å². The molecule has 1 amide bonds. The second-order valence-corrected chi connectivity index (χ2v) is 7.27. The van der Waals surface area contributed by atoms with E-state index in [-0.39, 0.29) is 12.7 Å². The van der Waals surface area contributed by atoms with Gasteiger partial charge in [0, 0.05) is 45.4 Å². The molecule has 7 nitrogen and oxygen atoms in total. The molecule has 136 valence electrons. The van der Waals surface area contributed by atoms with E-state index in [1.165, 1.54) is 0 Å². The number of aliphatic hydroxyl groups excluding tert-OH is 1. The quantitative estimate of drug-likeness (QED) is 0.919. The number of piperazine rings is 1. The number of carbonyl (C=O) groups is 1. The molecule has 0 aliphatic carbocycles. The number of imidazole rings is 1. The molecular formula is C18H26N4O3. The number of amides is 1. The number of aromatic nitrogens is 2. The maximum atomic E-state index is 12.2. The largest absolute Gasteiger partial charge is 0.444 e. The topological polar surface area (TPSA) is 70.3 Å². The van der Waals surface area contributed by atoms with Crippen LogP contribution in [0.25, 0.3) is 5.65 Å². The van der Waals surface area contributed by atoms with E-state index < -0.39 is 5.60 Å². The Morgan fingerprint density at radius 1 is 1.24 bits per heavy atom. The predicted octanol–water partition coefficient (Wildman–Crippen LogP) is 1.93. The SMILES string of the molecule is CC(C)(C)OC(=O)N1CCN(c2cccc3nc(CCO)cn23)CC1. The normalized spacial score (nSPS) is 15.7. The first kappa shape index (κ1) is 17.5. The molecule has 2 aromatic heterocycles. The van der Waals surface area contributed by atoms with E-state index in [1.807, 2.05) is 43.5 Å². The number of anilines is 1. The Labute approximate surface area is 147 Å². The fraction of sp³-hybridized carbons (Fsp3) is 0.556. The van der Waals surface area contributed by atoms with Crippen molar-refractivity contribution in [3.05, 3.63) is 30.1 Å². The minimum atomic E-state index is -0.472. The van der Waals surface area contributed by atoms with E-state index in [4.69, 9.17) is 9.84 Å². The second-order valence-electron chi connectivity index (χ2n) is 7.27. The summed E-state index contributed by atoms with van der Waals surface area (Å²) in [6.07, 6.45) is 2.27. The molecule has 1 aliphatic rings. The Morgan fingerprint density at radius 3 is 2.60 bits per heavy atom. The third-order valence-electron chi connectivity index (χ3n) is 4.14. The van der Waals surface area contributed by atoms with Crippen LogP contribution in [0.5, 0.6) is 0 Å². The van der Waals surface area contributed by atoms with Gasteiger partial charge < -0.3 is 19.6 Å². The van der Waals surface area contributed by atoms with Crippen molar-refractivity contribution in [2.75, 3.05) is 37.7 Å². The molecule has 0 radical (unpaired) electrons. The van der Waals surface area contributed by atoms with E-state index in [0.29, 0.717) is 19.5 Å². The van der Waals surface area contributed by atoms with Crippen molar-refractivity contribution >= 4 is 17.6 Å². The highest BCUT2D eigenvalue weighted by molar-refractivity contribution is 5.68. The molecule has 3 rings (SSSR count). The maximum Gasteiger partial charge on any atom is 0.410 e. The summed E-state index contributed by atoms with van der Waals surface area (Å²) >= 11 is 0. The van der Waals surface area contributed by atoms with Gasteiger partial charge in [0.05, 0.1) is 5.69 Å². The van der Waals surface area contributed by atoms with Gasteiger partial charge in [-0.25, -0.2) is 9.78 Å². The molecule has 2 aromatic rings. The van der Waals surface area contributed by atoms with Crippen LogP contribution < -0.4 is 4.90 Å². The van der Waals surface area contributed by atoms with E-state index in [1.54, 1.807) is 4.90 Å². The van der Waals surface area contributed by atoms with Crippen molar-refractivity contribution in [3.8, 4) is 0 Å². The Morgan fingerprint density at radius 2 is 1.96 bits per heavy atom. The highest BCUT2D eigenvalue weighted by Crippen LogP contribution is 2.20. The maximum absolute atomic E-state index is 12.2. The van der Waals surface area contributed by atoms with Gasteiger partial charge in [-0.15, -0.1) is 0 Å². The van der Waals surface area contributed by atoms with Crippen LogP contribution in [0, 0.1) is 0 Å². The van der Waals surface area contributed by atoms with E-state index >= 15 is 0 Å². The molecule has 25 heavy (non-hydrogen) atoms. The number of nitrogens with zero attached hydrogens (tertiary/aromatic N) is 4. The molecule has 0 bridgehead atoms. The van der Waals surface area contributed by atoms with Crippen LogP contribution in [0.3, 0.4) is 0 Å². The highest BCUT2D eigenvalue weighted by Gasteiger charge is 2.26. The smallest absolute Gasteiger partial charge is 0.410 e. The molecule has 0 atom stereocenters. The number of carbonyl (C=O) groups excluding carboxylic acids is 1. The van der Waals surface area contributed by atoms with Crippen molar-refractivity contribution in [3.63, 3.8) is 0 Å². The van der Waals surface area contributed by atoms with Gasteiger partial charge in [-0.3, -0.25) is 4.40 Å². The zero-order chi connectivity index (χ0) is 18.0. The lowest BCUT2D eigenvalue weighted by molar-refractivity contribution is 0.0240. The first-order valence-corrected chi connectivity index (χ1v) is 8.68. The minimum absolute atomic E-state index is 0.0910.